The summed E-state index contributed by atoms with van der Waals surface area (Å²) in [7, 11) is 4.74. The number of pyridine rings is 1. The fourth-order valence-electron chi connectivity index (χ4n) is 6.12. The normalized spacial score (nSPS) is 23.9. The summed E-state index contributed by atoms with van der Waals surface area (Å²) >= 11 is 0. The number of para-hydroxylation sites is 1. The third-order valence-corrected chi connectivity index (χ3v) is 7.79. The van der Waals surface area contributed by atoms with Crippen LogP contribution in [-0.4, -0.2) is 48.4 Å². The number of rotatable bonds is 5. The first-order chi connectivity index (χ1) is 19.3. The molecule has 2 aliphatic rings. The van der Waals surface area contributed by atoms with Crippen LogP contribution in [0.4, 0.5) is 11.5 Å². The van der Waals surface area contributed by atoms with Gasteiger partial charge in [0.1, 0.15) is 11.5 Å². The van der Waals surface area contributed by atoms with Crippen LogP contribution in [0.2, 0.25) is 0 Å². The van der Waals surface area contributed by atoms with Crippen molar-refractivity contribution in [1.82, 2.24) is 14.7 Å². The molecule has 0 radical (unpaired) electrons. The van der Waals surface area contributed by atoms with Gasteiger partial charge in [0, 0.05) is 20.3 Å². The topological polar surface area (TPSA) is 113 Å². The highest BCUT2D eigenvalue weighted by atomic mass is 16.5. The Labute approximate surface area is 229 Å². The first-order valence-corrected chi connectivity index (χ1v) is 12.8. The third kappa shape index (κ3) is 3.49. The highest BCUT2D eigenvalue weighted by Gasteiger charge is 2.70. The lowest BCUT2D eigenvalue weighted by atomic mass is 9.75. The van der Waals surface area contributed by atoms with Gasteiger partial charge in [-0.1, -0.05) is 54.6 Å². The summed E-state index contributed by atoms with van der Waals surface area (Å²) in [5, 5.41) is 3.30. The summed E-state index contributed by atoms with van der Waals surface area (Å²) in [5.41, 5.74) is -0.696. The van der Waals surface area contributed by atoms with Gasteiger partial charge in [-0.15, -0.1) is 0 Å². The van der Waals surface area contributed by atoms with Gasteiger partial charge in [-0.2, -0.15) is 0 Å². The molecule has 2 amide bonds. The largest absolute Gasteiger partial charge is 0.467 e. The molecule has 2 fully saturated rings. The van der Waals surface area contributed by atoms with E-state index in [0.29, 0.717) is 22.7 Å². The number of anilines is 2. The number of fused-ring (bicyclic) bond motifs is 2. The molecule has 0 saturated carbocycles. The summed E-state index contributed by atoms with van der Waals surface area (Å²) in [6.07, 6.45) is 1.60. The van der Waals surface area contributed by atoms with Crippen molar-refractivity contribution >= 4 is 34.9 Å². The van der Waals surface area contributed by atoms with Crippen LogP contribution < -0.4 is 20.7 Å². The molecule has 4 atom stereocenters. The van der Waals surface area contributed by atoms with E-state index in [2.05, 4.69) is 5.32 Å². The second kappa shape index (κ2) is 9.42. The minimum Gasteiger partial charge on any atom is -0.467 e. The highest BCUT2D eigenvalue weighted by Crippen LogP contribution is 2.54. The number of carbonyl (C=O) groups is 3. The predicted molar refractivity (Wildman–Crippen MR) is 148 cm³/mol. The minimum atomic E-state index is -1.74. The maximum atomic E-state index is 14.2. The molecular formula is C30H27N5O5. The molecule has 0 unspecified atom stereocenters. The number of nitrogens with one attached hydrogen (secondary N) is 1. The van der Waals surface area contributed by atoms with Crippen LogP contribution in [0.3, 0.4) is 0 Å². The zero-order valence-corrected chi connectivity index (χ0v) is 22.1. The second-order valence-corrected chi connectivity index (χ2v) is 10.1. The van der Waals surface area contributed by atoms with Gasteiger partial charge in [-0.3, -0.25) is 24.1 Å². The number of amides is 2. The number of ether oxygens (including phenoxy) is 1. The fourth-order valence-corrected chi connectivity index (χ4v) is 6.12. The van der Waals surface area contributed by atoms with E-state index in [4.69, 9.17) is 9.72 Å². The molecule has 6 rings (SSSR count). The smallest absolute Gasteiger partial charge is 0.331 e. The number of carbonyl (C=O) groups excluding carboxylic acids is 3. The highest BCUT2D eigenvalue weighted by molar-refractivity contribution is 6.24. The van der Waals surface area contributed by atoms with Gasteiger partial charge in [0.05, 0.1) is 36.2 Å². The fraction of sp³-hybridized carbons (Fsp3) is 0.233. The van der Waals surface area contributed by atoms with E-state index in [1.807, 2.05) is 0 Å². The van der Waals surface area contributed by atoms with E-state index in [0.717, 1.165) is 4.90 Å². The minimum absolute atomic E-state index is 0.182. The van der Waals surface area contributed by atoms with Crippen molar-refractivity contribution in [3.63, 3.8) is 0 Å². The Morgan fingerprint density at radius 1 is 0.925 bits per heavy atom. The summed E-state index contributed by atoms with van der Waals surface area (Å²) in [5.74, 6) is -3.74. The Bertz CT molecular complexity index is 1700. The van der Waals surface area contributed by atoms with Gasteiger partial charge in [0.25, 0.3) is 5.56 Å². The number of hydrogen-bond acceptors (Lipinski definition) is 8. The molecule has 2 aliphatic heterocycles. The Balaban J connectivity index is 1.66. The Hall–Kier alpha value is -4.83. The van der Waals surface area contributed by atoms with E-state index >= 15 is 0 Å². The maximum absolute atomic E-state index is 14.2. The number of esters is 1. The summed E-state index contributed by atoms with van der Waals surface area (Å²) in [4.78, 5) is 63.9. The lowest BCUT2D eigenvalue weighted by molar-refractivity contribution is -0.152. The molecule has 2 aromatic heterocycles. The van der Waals surface area contributed by atoms with Crippen LogP contribution >= 0.6 is 0 Å². The molecule has 10 heteroatoms. The van der Waals surface area contributed by atoms with Crippen molar-refractivity contribution in [2.45, 2.75) is 11.6 Å². The molecule has 0 spiro atoms. The first kappa shape index (κ1) is 25.4. The molecule has 2 saturated heterocycles. The third-order valence-electron chi connectivity index (χ3n) is 7.79. The van der Waals surface area contributed by atoms with Crippen LogP contribution in [0.1, 0.15) is 17.2 Å². The number of methoxy groups -OCH3 is 1. The van der Waals surface area contributed by atoms with Crippen molar-refractivity contribution in [3.05, 3.63) is 107 Å². The van der Waals surface area contributed by atoms with Gasteiger partial charge in [0.15, 0.2) is 5.54 Å². The second-order valence-electron chi connectivity index (χ2n) is 10.1. The van der Waals surface area contributed by atoms with Crippen LogP contribution in [-0.2, 0) is 24.7 Å². The molecule has 40 heavy (non-hydrogen) atoms. The van der Waals surface area contributed by atoms with Gasteiger partial charge in [-0.05, 0) is 29.8 Å². The van der Waals surface area contributed by atoms with Crippen molar-refractivity contribution in [2.75, 3.05) is 31.0 Å². The summed E-state index contributed by atoms with van der Waals surface area (Å²) in [6.45, 7) is 0. The Morgan fingerprint density at radius 2 is 1.57 bits per heavy atom. The predicted octanol–water partition coefficient (Wildman–Crippen LogP) is 2.28. The number of nitrogens with zero attached hydrogens (tertiary/aromatic N) is 4. The average molecular weight is 538 g/mol. The molecule has 4 aromatic rings. The lowest BCUT2D eigenvalue weighted by Gasteiger charge is -2.33. The standard InChI is InChI=1S/C30H27N5O5/c1-33(2)25-22(26(36)34-17-11-10-16-20(34)31-25)24-21-23(28(38)35(27(21)37)19-14-8-5-9-15-19)30(32-24,29(39)40-3)18-12-6-4-7-13-18/h4-17,21,23-24,32H,1-3H3/t21-,23-,24+,30-/m0/s1. The van der Waals surface area contributed by atoms with Crippen molar-refractivity contribution < 1.29 is 19.1 Å². The number of aromatic nitrogens is 2. The quantitative estimate of drug-likeness (QED) is 0.305. The van der Waals surface area contributed by atoms with Gasteiger partial charge < -0.3 is 9.64 Å². The monoisotopic (exact) mass is 537 g/mol. The molecule has 202 valence electrons. The molecule has 2 aromatic carbocycles. The summed E-state index contributed by atoms with van der Waals surface area (Å²) in [6, 6.07) is 21.5. The Morgan fingerprint density at radius 3 is 2.23 bits per heavy atom. The van der Waals surface area contributed by atoms with Crippen molar-refractivity contribution in [2.24, 2.45) is 11.8 Å². The SMILES string of the molecule is COC(=O)[C@@]1(c2ccccc2)N[C@@H](c2c(N(C)C)nc3ccccn3c2=O)[C@H]2C(=O)N(c3ccccc3)C(=O)[C@H]21. The van der Waals surface area contributed by atoms with Crippen molar-refractivity contribution in [3.8, 4) is 0 Å². The maximum Gasteiger partial charge on any atom is 0.331 e. The van der Waals surface area contributed by atoms with Crippen LogP contribution in [0.25, 0.3) is 5.65 Å². The summed E-state index contributed by atoms with van der Waals surface area (Å²) < 4.78 is 6.69. The van der Waals surface area contributed by atoms with E-state index in [1.54, 1.807) is 104 Å². The van der Waals surface area contributed by atoms with E-state index in [-0.39, 0.29) is 5.56 Å². The molecule has 10 nitrogen and oxygen atoms in total. The number of imide groups is 1. The number of hydrogen-bond donors (Lipinski definition) is 1. The van der Waals surface area contributed by atoms with E-state index in [9.17, 15) is 19.2 Å². The molecule has 0 aliphatic carbocycles. The lowest BCUT2D eigenvalue weighted by Crippen LogP contribution is -2.54. The molecule has 1 N–H and O–H groups in total. The average Bonchev–Trinajstić information content (AvgIpc) is 3.47. The Kier molecular flexibility index (Phi) is 5.99. The first-order valence-electron chi connectivity index (χ1n) is 12.8. The zero-order valence-electron chi connectivity index (χ0n) is 22.1. The van der Waals surface area contributed by atoms with Crippen LogP contribution in [0.15, 0.2) is 89.9 Å². The van der Waals surface area contributed by atoms with Gasteiger partial charge >= 0.3 is 5.97 Å². The molecular weight excluding hydrogens is 510 g/mol. The van der Waals surface area contributed by atoms with Gasteiger partial charge in [0.2, 0.25) is 11.8 Å². The van der Waals surface area contributed by atoms with Crippen molar-refractivity contribution in [1.29, 1.82) is 0 Å². The zero-order chi connectivity index (χ0) is 28.2. The molecule has 0 bridgehead atoms. The van der Waals surface area contributed by atoms with Gasteiger partial charge in [-0.25, -0.2) is 14.7 Å². The van der Waals surface area contributed by atoms with E-state index in [1.165, 1.54) is 11.5 Å². The van der Waals surface area contributed by atoms with E-state index < -0.39 is 46.8 Å². The number of benzene rings is 2. The molecule has 4 heterocycles. The van der Waals surface area contributed by atoms with Crippen LogP contribution in [0.5, 0.6) is 0 Å². The van der Waals surface area contributed by atoms with Crippen LogP contribution in [0, 0.1) is 11.8 Å².